The zero-order valence-electron chi connectivity index (χ0n) is 10.2. The summed E-state index contributed by atoms with van der Waals surface area (Å²) in [4.78, 5) is 3.98. The number of ether oxygens (including phenoxy) is 1. The molecule has 19 heavy (non-hydrogen) atoms. The standard InChI is InChI=1S/C13H12BrN3O2/c1-8-2-3-12(10(14)6-8)19-9-4-5-16-11(7-9)13(15)17-18/h2-7,18H,1H3,(H2,15,17). The number of benzene rings is 1. The Labute approximate surface area is 118 Å². The summed E-state index contributed by atoms with van der Waals surface area (Å²) < 4.78 is 6.58. The van der Waals surface area contributed by atoms with Gasteiger partial charge in [-0.15, -0.1) is 0 Å². The maximum Gasteiger partial charge on any atom is 0.188 e. The molecule has 0 aliphatic rings. The van der Waals surface area contributed by atoms with Crippen LogP contribution in [0.5, 0.6) is 11.5 Å². The molecule has 2 aromatic rings. The molecule has 0 unspecified atom stereocenters. The predicted molar refractivity (Wildman–Crippen MR) is 75.7 cm³/mol. The van der Waals surface area contributed by atoms with Crippen molar-refractivity contribution in [2.45, 2.75) is 6.92 Å². The van der Waals surface area contributed by atoms with Crippen molar-refractivity contribution in [3.8, 4) is 11.5 Å². The molecule has 1 aromatic carbocycles. The Bertz CT molecular complexity index is 629. The maximum atomic E-state index is 8.62. The zero-order chi connectivity index (χ0) is 13.8. The first-order chi connectivity index (χ1) is 9.10. The van der Waals surface area contributed by atoms with Crippen molar-refractivity contribution in [3.05, 3.63) is 52.3 Å². The number of rotatable bonds is 3. The SMILES string of the molecule is Cc1ccc(Oc2ccnc(C(N)=NO)c2)c(Br)c1. The van der Waals surface area contributed by atoms with Crippen LogP contribution in [-0.4, -0.2) is 16.0 Å². The average Bonchev–Trinajstić information content (AvgIpc) is 2.41. The van der Waals surface area contributed by atoms with E-state index in [9.17, 15) is 0 Å². The lowest BCUT2D eigenvalue weighted by molar-refractivity contribution is 0.318. The topological polar surface area (TPSA) is 80.7 Å². The van der Waals surface area contributed by atoms with Gasteiger partial charge in [-0.25, -0.2) is 0 Å². The van der Waals surface area contributed by atoms with Gasteiger partial charge in [-0.05, 0) is 46.6 Å². The molecule has 0 amide bonds. The summed E-state index contributed by atoms with van der Waals surface area (Å²) >= 11 is 3.44. The summed E-state index contributed by atoms with van der Waals surface area (Å²) in [5.74, 6) is 1.18. The van der Waals surface area contributed by atoms with E-state index in [2.05, 4.69) is 26.1 Å². The van der Waals surface area contributed by atoms with E-state index in [1.807, 2.05) is 25.1 Å². The molecule has 0 radical (unpaired) electrons. The van der Waals surface area contributed by atoms with Gasteiger partial charge < -0.3 is 15.7 Å². The van der Waals surface area contributed by atoms with Crippen LogP contribution in [-0.2, 0) is 0 Å². The van der Waals surface area contributed by atoms with E-state index >= 15 is 0 Å². The van der Waals surface area contributed by atoms with Gasteiger partial charge in [-0.2, -0.15) is 0 Å². The molecule has 1 heterocycles. The third kappa shape index (κ3) is 3.23. The first-order valence-corrected chi connectivity index (χ1v) is 6.27. The highest BCUT2D eigenvalue weighted by Crippen LogP contribution is 2.30. The smallest absolute Gasteiger partial charge is 0.188 e. The van der Waals surface area contributed by atoms with E-state index in [-0.39, 0.29) is 5.84 Å². The largest absolute Gasteiger partial charge is 0.456 e. The van der Waals surface area contributed by atoms with E-state index < -0.39 is 0 Å². The molecule has 6 heteroatoms. The molecule has 0 bridgehead atoms. The van der Waals surface area contributed by atoms with Crippen molar-refractivity contribution in [2.24, 2.45) is 10.9 Å². The molecule has 98 valence electrons. The summed E-state index contributed by atoms with van der Waals surface area (Å²) in [5, 5.41) is 11.5. The second kappa shape index (κ2) is 5.71. The lowest BCUT2D eigenvalue weighted by atomic mass is 10.2. The Morgan fingerprint density at radius 2 is 2.16 bits per heavy atom. The Hall–Kier alpha value is -2.08. The van der Waals surface area contributed by atoms with E-state index in [1.54, 1.807) is 12.1 Å². The number of hydrogen-bond acceptors (Lipinski definition) is 4. The summed E-state index contributed by atoms with van der Waals surface area (Å²) in [7, 11) is 0. The van der Waals surface area contributed by atoms with Crippen molar-refractivity contribution >= 4 is 21.8 Å². The van der Waals surface area contributed by atoms with E-state index in [4.69, 9.17) is 15.7 Å². The molecule has 0 fully saturated rings. The van der Waals surface area contributed by atoms with Gasteiger partial charge in [0.05, 0.1) is 4.47 Å². The highest BCUT2D eigenvalue weighted by atomic mass is 79.9. The highest BCUT2D eigenvalue weighted by molar-refractivity contribution is 9.10. The minimum atomic E-state index is -0.0616. The number of aromatic nitrogens is 1. The molecule has 0 atom stereocenters. The number of halogens is 1. The Kier molecular flexibility index (Phi) is 4.01. The monoisotopic (exact) mass is 321 g/mol. The number of amidine groups is 1. The predicted octanol–water partition coefficient (Wildman–Crippen LogP) is 3.04. The first kappa shape index (κ1) is 13.4. The quantitative estimate of drug-likeness (QED) is 0.394. The molecular weight excluding hydrogens is 310 g/mol. The number of hydrogen-bond donors (Lipinski definition) is 2. The molecule has 0 spiro atoms. The Morgan fingerprint density at radius 3 is 2.84 bits per heavy atom. The molecule has 0 aliphatic heterocycles. The minimum Gasteiger partial charge on any atom is -0.456 e. The van der Waals surface area contributed by atoms with Gasteiger partial charge in [0.15, 0.2) is 5.84 Å². The van der Waals surface area contributed by atoms with Gasteiger partial charge in [0.1, 0.15) is 17.2 Å². The minimum absolute atomic E-state index is 0.0616. The molecular formula is C13H12BrN3O2. The van der Waals surface area contributed by atoms with Gasteiger partial charge in [0.25, 0.3) is 0 Å². The second-order valence-corrected chi connectivity index (χ2v) is 4.75. The Balaban J connectivity index is 2.28. The van der Waals surface area contributed by atoms with Crippen molar-refractivity contribution < 1.29 is 9.94 Å². The molecule has 5 nitrogen and oxygen atoms in total. The fourth-order valence-corrected chi connectivity index (χ4v) is 2.06. The van der Waals surface area contributed by atoms with Crippen LogP contribution in [0.4, 0.5) is 0 Å². The van der Waals surface area contributed by atoms with Gasteiger partial charge in [-0.3, -0.25) is 4.98 Å². The first-order valence-electron chi connectivity index (χ1n) is 5.48. The fraction of sp³-hybridized carbons (Fsp3) is 0.0769. The number of aryl methyl sites for hydroxylation is 1. The average molecular weight is 322 g/mol. The van der Waals surface area contributed by atoms with E-state index in [1.165, 1.54) is 6.20 Å². The number of pyridine rings is 1. The van der Waals surface area contributed by atoms with Crippen molar-refractivity contribution in [1.82, 2.24) is 4.98 Å². The van der Waals surface area contributed by atoms with Gasteiger partial charge in [0, 0.05) is 12.3 Å². The van der Waals surface area contributed by atoms with Crippen LogP contribution in [0.15, 0.2) is 46.2 Å². The lowest BCUT2D eigenvalue weighted by Crippen LogP contribution is -2.14. The Morgan fingerprint density at radius 1 is 1.37 bits per heavy atom. The van der Waals surface area contributed by atoms with Crippen molar-refractivity contribution in [1.29, 1.82) is 0 Å². The summed E-state index contributed by atoms with van der Waals surface area (Å²) in [5.41, 5.74) is 6.96. The molecule has 0 saturated heterocycles. The maximum absolute atomic E-state index is 8.62. The third-order valence-corrected chi connectivity index (χ3v) is 3.04. The molecule has 0 saturated carbocycles. The summed E-state index contributed by atoms with van der Waals surface area (Å²) in [6, 6.07) is 9.07. The van der Waals surface area contributed by atoms with Crippen LogP contribution in [0.2, 0.25) is 0 Å². The summed E-state index contributed by atoms with van der Waals surface area (Å²) in [6.45, 7) is 2.00. The van der Waals surface area contributed by atoms with Crippen LogP contribution >= 0.6 is 15.9 Å². The third-order valence-electron chi connectivity index (χ3n) is 2.42. The van der Waals surface area contributed by atoms with Crippen LogP contribution in [0, 0.1) is 6.92 Å². The van der Waals surface area contributed by atoms with Gasteiger partial charge in [0.2, 0.25) is 0 Å². The summed E-state index contributed by atoms with van der Waals surface area (Å²) in [6.07, 6.45) is 1.53. The molecule has 3 N–H and O–H groups in total. The second-order valence-electron chi connectivity index (χ2n) is 3.90. The van der Waals surface area contributed by atoms with Crippen LogP contribution in [0.3, 0.4) is 0 Å². The number of oxime groups is 1. The number of nitrogens with zero attached hydrogens (tertiary/aromatic N) is 2. The van der Waals surface area contributed by atoms with Crippen molar-refractivity contribution in [2.75, 3.05) is 0 Å². The van der Waals surface area contributed by atoms with Gasteiger partial charge >= 0.3 is 0 Å². The lowest BCUT2D eigenvalue weighted by Gasteiger charge is -2.09. The molecule has 2 rings (SSSR count). The van der Waals surface area contributed by atoms with Gasteiger partial charge in [-0.1, -0.05) is 11.2 Å². The van der Waals surface area contributed by atoms with Crippen LogP contribution < -0.4 is 10.5 Å². The van der Waals surface area contributed by atoms with E-state index in [0.29, 0.717) is 17.2 Å². The van der Waals surface area contributed by atoms with E-state index in [0.717, 1.165) is 10.0 Å². The normalized spacial score (nSPS) is 11.4. The highest BCUT2D eigenvalue weighted by Gasteiger charge is 2.06. The molecule has 0 aliphatic carbocycles. The number of nitrogens with two attached hydrogens (primary N) is 1. The van der Waals surface area contributed by atoms with Crippen LogP contribution in [0.1, 0.15) is 11.3 Å². The van der Waals surface area contributed by atoms with Crippen LogP contribution in [0.25, 0.3) is 0 Å². The zero-order valence-corrected chi connectivity index (χ0v) is 11.8. The van der Waals surface area contributed by atoms with Crippen molar-refractivity contribution in [3.63, 3.8) is 0 Å². The fourth-order valence-electron chi connectivity index (χ4n) is 1.48. The molecule has 1 aromatic heterocycles.